The number of fused-ring (bicyclic) bond motifs is 2. The lowest BCUT2D eigenvalue weighted by atomic mass is 10.0. The second-order valence-corrected chi connectivity index (χ2v) is 10.8. The Morgan fingerprint density at radius 2 is 1.68 bits per heavy atom. The maximum atomic E-state index is 11.2. The molecule has 172 valence electrons. The van der Waals surface area contributed by atoms with Crippen molar-refractivity contribution >= 4 is 44.5 Å². The van der Waals surface area contributed by atoms with Crippen molar-refractivity contribution in [2.45, 2.75) is 11.3 Å². The molecule has 5 nitrogen and oxygen atoms in total. The average Bonchev–Trinajstić information content (AvgIpc) is 3.18. The van der Waals surface area contributed by atoms with E-state index in [2.05, 4.69) is 59.0 Å². The maximum Gasteiger partial charge on any atom is 0.213 e. The molecule has 34 heavy (non-hydrogen) atoms. The molecule has 0 atom stereocenters. The van der Waals surface area contributed by atoms with Gasteiger partial charge < -0.3 is 9.45 Å². The quantitative estimate of drug-likeness (QED) is 0.277. The van der Waals surface area contributed by atoms with Gasteiger partial charge in [-0.2, -0.15) is 4.57 Å². The van der Waals surface area contributed by atoms with Crippen LogP contribution in [0.3, 0.4) is 0 Å². The molecule has 0 bridgehead atoms. The van der Waals surface area contributed by atoms with Crippen LogP contribution in [0.25, 0.3) is 28.2 Å². The third-order valence-corrected chi connectivity index (χ3v) is 7.89. The molecule has 0 spiro atoms. The van der Waals surface area contributed by atoms with E-state index in [-0.39, 0.29) is 12.2 Å². The molecular formula is C27H24N2O3S2. The molecule has 3 aromatic carbocycles. The molecule has 1 aliphatic rings. The number of thioether (sulfide) groups is 1. The number of anilines is 1. The van der Waals surface area contributed by atoms with Gasteiger partial charge in [-0.3, -0.25) is 0 Å². The van der Waals surface area contributed by atoms with Crippen LogP contribution in [-0.4, -0.2) is 25.3 Å². The lowest BCUT2D eigenvalue weighted by Crippen LogP contribution is -2.32. The maximum absolute atomic E-state index is 11.2. The van der Waals surface area contributed by atoms with Crippen LogP contribution in [0, 0.1) is 0 Å². The lowest BCUT2D eigenvalue weighted by molar-refractivity contribution is -0.633. The number of nitrogens with zero attached hydrogens (tertiary/aromatic N) is 2. The van der Waals surface area contributed by atoms with Crippen LogP contribution >= 0.6 is 11.8 Å². The van der Waals surface area contributed by atoms with E-state index in [0.29, 0.717) is 6.54 Å². The number of para-hydroxylation sites is 2. The number of rotatable bonds is 6. The summed E-state index contributed by atoms with van der Waals surface area (Å²) < 4.78 is 35.7. The van der Waals surface area contributed by atoms with Gasteiger partial charge in [0.05, 0.1) is 26.2 Å². The summed E-state index contributed by atoms with van der Waals surface area (Å²) in [6.45, 7) is 0.460. The van der Waals surface area contributed by atoms with Crippen molar-refractivity contribution in [2.24, 2.45) is 7.05 Å². The van der Waals surface area contributed by atoms with Crippen LogP contribution < -0.4 is 9.47 Å². The summed E-state index contributed by atoms with van der Waals surface area (Å²) in [5.74, 6) is -0.369. The van der Waals surface area contributed by atoms with Gasteiger partial charge >= 0.3 is 0 Å². The van der Waals surface area contributed by atoms with Crippen LogP contribution in [0.1, 0.15) is 12.0 Å². The van der Waals surface area contributed by atoms with Crippen LogP contribution in [0.2, 0.25) is 0 Å². The first-order chi connectivity index (χ1) is 16.4. The number of pyridine rings is 1. The van der Waals surface area contributed by atoms with Gasteiger partial charge in [0.25, 0.3) is 0 Å². The zero-order chi connectivity index (χ0) is 23.7. The Morgan fingerprint density at radius 1 is 0.971 bits per heavy atom. The normalized spacial score (nSPS) is 14.6. The van der Waals surface area contributed by atoms with Crippen LogP contribution in [0.4, 0.5) is 5.69 Å². The Bertz CT molecular complexity index is 1500. The highest BCUT2D eigenvalue weighted by molar-refractivity contribution is 8.03. The van der Waals surface area contributed by atoms with Crippen molar-refractivity contribution < 1.29 is 17.5 Å². The topological polar surface area (TPSA) is 64.3 Å². The Hall–Kier alpha value is -3.13. The molecule has 4 aromatic rings. The molecule has 0 aliphatic carbocycles. The second kappa shape index (κ2) is 9.25. The molecule has 1 aliphatic heterocycles. The highest BCUT2D eigenvalue weighted by atomic mass is 32.2. The summed E-state index contributed by atoms with van der Waals surface area (Å²) in [5, 5.41) is 2.15. The summed E-state index contributed by atoms with van der Waals surface area (Å²) >= 11 is 1.66. The summed E-state index contributed by atoms with van der Waals surface area (Å²) in [6.07, 6.45) is 2.45. The largest absolute Gasteiger partial charge is 0.748 e. The van der Waals surface area contributed by atoms with E-state index in [1.54, 1.807) is 11.8 Å². The SMILES string of the molecule is C[n+]1c(-c2ccccc2)cc(C=C2Sc3ccccc3N2CCCS(=O)(=O)[O-])c2ccccc21. The van der Waals surface area contributed by atoms with E-state index < -0.39 is 10.1 Å². The molecule has 0 radical (unpaired) electrons. The second-order valence-electron chi connectivity index (χ2n) is 8.25. The molecule has 2 heterocycles. The Balaban J connectivity index is 1.62. The Labute approximate surface area is 204 Å². The van der Waals surface area contributed by atoms with Crippen molar-refractivity contribution in [3.63, 3.8) is 0 Å². The fourth-order valence-corrected chi connectivity index (χ4v) is 6.01. The molecule has 0 saturated heterocycles. The average molecular weight is 489 g/mol. The van der Waals surface area contributed by atoms with Crippen molar-refractivity contribution in [2.75, 3.05) is 17.2 Å². The van der Waals surface area contributed by atoms with E-state index in [4.69, 9.17) is 0 Å². The van der Waals surface area contributed by atoms with Gasteiger partial charge in [-0.25, -0.2) is 8.42 Å². The fourth-order valence-electron chi connectivity index (χ4n) is 4.39. The van der Waals surface area contributed by atoms with Crippen LogP contribution in [0.5, 0.6) is 0 Å². The monoisotopic (exact) mass is 488 g/mol. The number of benzene rings is 3. The minimum absolute atomic E-state index is 0.276. The van der Waals surface area contributed by atoms with E-state index >= 15 is 0 Å². The molecule has 0 fully saturated rings. The summed E-state index contributed by atoms with van der Waals surface area (Å²) in [6, 6.07) is 28.9. The highest BCUT2D eigenvalue weighted by Crippen LogP contribution is 2.46. The molecule has 0 saturated carbocycles. The fraction of sp³-hybridized carbons (Fsp3) is 0.148. The summed E-state index contributed by atoms with van der Waals surface area (Å²) in [7, 11) is -2.16. The lowest BCUT2D eigenvalue weighted by Gasteiger charge is -2.21. The third-order valence-electron chi connectivity index (χ3n) is 5.99. The van der Waals surface area contributed by atoms with Crippen LogP contribution in [0.15, 0.2) is 94.9 Å². The summed E-state index contributed by atoms with van der Waals surface area (Å²) in [5.41, 5.74) is 5.49. The van der Waals surface area contributed by atoms with Crippen LogP contribution in [-0.2, 0) is 17.2 Å². The molecule has 1 aromatic heterocycles. The Morgan fingerprint density at radius 3 is 2.47 bits per heavy atom. The van der Waals surface area contributed by atoms with Gasteiger partial charge in [-0.05, 0) is 48.4 Å². The van der Waals surface area contributed by atoms with Gasteiger partial charge in [0.15, 0.2) is 0 Å². The van der Waals surface area contributed by atoms with Gasteiger partial charge in [-0.1, -0.05) is 54.2 Å². The van der Waals surface area contributed by atoms with Gasteiger partial charge in [0, 0.05) is 34.9 Å². The van der Waals surface area contributed by atoms with E-state index in [9.17, 15) is 13.0 Å². The molecule has 5 rings (SSSR count). The molecule has 0 N–H and O–H groups in total. The Kier molecular flexibility index (Phi) is 6.16. The predicted molar refractivity (Wildman–Crippen MR) is 137 cm³/mol. The van der Waals surface area contributed by atoms with Crippen molar-refractivity contribution in [3.8, 4) is 11.3 Å². The zero-order valence-electron chi connectivity index (χ0n) is 18.7. The first kappa shape index (κ1) is 22.7. The van der Waals surface area contributed by atoms with Crippen molar-refractivity contribution in [1.82, 2.24) is 0 Å². The van der Waals surface area contributed by atoms with Crippen molar-refractivity contribution in [1.29, 1.82) is 0 Å². The zero-order valence-corrected chi connectivity index (χ0v) is 20.4. The molecule has 7 heteroatoms. The van der Waals surface area contributed by atoms with Gasteiger partial charge in [0.2, 0.25) is 11.2 Å². The van der Waals surface area contributed by atoms with E-state index in [1.807, 2.05) is 48.5 Å². The van der Waals surface area contributed by atoms with Crippen molar-refractivity contribution in [3.05, 3.63) is 95.5 Å². The number of aromatic nitrogens is 1. The molecular weight excluding hydrogens is 464 g/mol. The number of hydrogen-bond donors (Lipinski definition) is 0. The summed E-state index contributed by atoms with van der Waals surface area (Å²) in [4.78, 5) is 3.24. The minimum atomic E-state index is -4.25. The number of aryl methyl sites for hydroxylation is 1. The van der Waals surface area contributed by atoms with Gasteiger partial charge in [0.1, 0.15) is 7.05 Å². The predicted octanol–water partition coefficient (Wildman–Crippen LogP) is 5.18. The van der Waals surface area contributed by atoms with E-state index in [0.717, 1.165) is 43.3 Å². The first-order valence-electron chi connectivity index (χ1n) is 11.1. The third kappa shape index (κ3) is 4.59. The molecule has 0 amide bonds. The van der Waals surface area contributed by atoms with Gasteiger partial charge in [-0.15, -0.1) is 0 Å². The standard InChI is InChI=1S/C27H24N2O3S2/c1-28-23-13-6-5-12-22(23)21(18-25(28)20-10-3-2-4-11-20)19-27-29(16-9-17-34(30,31)32)24-14-7-8-15-26(24)33-27/h2-8,10-15,18-19H,9,16-17H2,1H3. The smallest absolute Gasteiger partial charge is 0.213 e. The molecule has 0 unspecified atom stereocenters. The number of hydrogen-bond acceptors (Lipinski definition) is 5. The first-order valence-corrected chi connectivity index (χ1v) is 13.5. The van der Waals surface area contributed by atoms with E-state index in [1.165, 1.54) is 0 Å². The minimum Gasteiger partial charge on any atom is -0.748 e. The highest BCUT2D eigenvalue weighted by Gasteiger charge is 2.26.